The van der Waals surface area contributed by atoms with Crippen LogP contribution in [0.3, 0.4) is 0 Å². The van der Waals surface area contributed by atoms with Crippen LogP contribution in [0.2, 0.25) is 0 Å². The second kappa shape index (κ2) is 6.59. The number of aromatic nitrogens is 1. The summed E-state index contributed by atoms with van der Waals surface area (Å²) in [6.45, 7) is 3.51. The topological polar surface area (TPSA) is 51.5 Å². The number of methoxy groups -OCH3 is 1. The zero-order chi connectivity index (χ0) is 14.5. The minimum absolute atomic E-state index is 0.0708. The van der Waals surface area contributed by atoms with Gasteiger partial charge in [0.2, 0.25) is 0 Å². The van der Waals surface area contributed by atoms with E-state index in [0.717, 1.165) is 25.8 Å². The fourth-order valence-electron chi connectivity index (χ4n) is 2.75. The van der Waals surface area contributed by atoms with E-state index in [9.17, 15) is 9.59 Å². The third-order valence-electron chi connectivity index (χ3n) is 3.75. The molecule has 0 N–H and O–H groups in total. The van der Waals surface area contributed by atoms with Crippen molar-refractivity contribution >= 4 is 11.9 Å². The molecular weight excluding hydrogens is 256 g/mol. The summed E-state index contributed by atoms with van der Waals surface area (Å²) < 4.78 is 6.78. The molecule has 1 atom stereocenters. The van der Waals surface area contributed by atoms with E-state index in [1.165, 1.54) is 7.11 Å². The summed E-state index contributed by atoms with van der Waals surface area (Å²) in [7, 11) is 1.37. The summed E-state index contributed by atoms with van der Waals surface area (Å²) >= 11 is 0. The van der Waals surface area contributed by atoms with Crippen molar-refractivity contribution < 1.29 is 14.3 Å². The monoisotopic (exact) mass is 278 g/mol. The predicted molar refractivity (Wildman–Crippen MR) is 75.4 cm³/mol. The van der Waals surface area contributed by atoms with E-state index in [2.05, 4.69) is 6.92 Å². The number of likely N-dealkylation sites (tertiary alicyclic amines) is 1. The van der Waals surface area contributed by atoms with E-state index in [0.29, 0.717) is 18.7 Å². The van der Waals surface area contributed by atoms with Crippen molar-refractivity contribution in [2.24, 2.45) is 0 Å². The van der Waals surface area contributed by atoms with Gasteiger partial charge in [-0.05, 0) is 37.8 Å². The molecule has 5 nitrogen and oxygen atoms in total. The first-order valence-corrected chi connectivity index (χ1v) is 7.23. The molecule has 0 aliphatic carbocycles. The molecule has 0 unspecified atom stereocenters. The van der Waals surface area contributed by atoms with E-state index in [1.807, 2.05) is 22.9 Å². The Morgan fingerprint density at radius 2 is 2.20 bits per heavy atom. The van der Waals surface area contributed by atoms with Gasteiger partial charge in [0, 0.05) is 19.3 Å². The fourth-order valence-corrected chi connectivity index (χ4v) is 2.75. The third kappa shape index (κ3) is 2.86. The third-order valence-corrected chi connectivity index (χ3v) is 3.75. The van der Waals surface area contributed by atoms with Gasteiger partial charge in [-0.2, -0.15) is 0 Å². The molecule has 0 aromatic carbocycles. The average molecular weight is 278 g/mol. The van der Waals surface area contributed by atoms with E-state index in [-0.39, 0.29) is 11.9 Å². The Labute approximate surface area is 119 Å². The molecule has 0 spiro atoms. The lowest BCUT2D eigenvalue weighted by Gasteiger charge is -2.33. The molecule has 2 rings (SSSR count). The van der Waals surface area contributed by atoms with Crippen LogP contribution < -0.4 is 0 Å². The number of carbonyl (C=O) groups is 2. The first kappa shape index (κ1) is 14.6. The molecule has 1 aliphatic rings. The molecule has 0 bridgehead atoms. The Balaban J connectivity index is 2.21. The number of piperidine rings is 1. The van der Waals surface area contributed by atoms with Gasteiger partial charge in [-0.3, -0.25) is 4.79 Å². The quantitative estimate of drug-likeness (QED) is 0.792. The molecular formula is C15H22N2O3. The average Bonchev–Trinajstić information content (AvgIpc) is 2.94. The summed E-state index contributed by atoms with van der Waals surface area (Å²) in [5.74, 6) is -0.384. The molecule has 2 heterocycles. The second-order valence-electron chi connectivity index (χ2n) is 5.12. The molecule has 1 fully saturated rings. The van der Waals surface area contributed by atoms with Crippen molar-refractivity contribution in [3.05, 3.63) is 24.0 Å². The highest BCUT2D eigenvalue weighted by Crippen LogP contribution is 2.21. The Kier molecular flexibility index (Phi) is 4.82. The van der Waals surface area contributed by atoms with Gasteiger partial charge in [0.1, 0.15) is 11.7 Å². The van der Waals surface area contributed by atoms with Gasteiger partial charge in [0.25, 0.3) is 5.91 Å². The molecule has 5 heteroatoms. The van der Waals surface area contributed by atoms with Gasteiger partial charge < -0.3 is 14.2 Å². The van der Waals surface area contributed by atoms with E-state index >= 15 is 0 Å². The molecule has 1 aromatic heterocycles. The summed E-state index contributed by atoms with van der Waals surface area (Å²) in [5, 5.41) is 0. The highest BCUT2D eigenvalue weighted by Gasteiger charge is 2.34. The van der Waals surface area contributed by atoms with Gasteiger partial charge in [0.05, 0.1) is 7.11 Å². The Bertz CT molecular complexity index is 481. The predicted octanol–water partition coefficient (Wildman–Crippen LogP) is 2.07. The molecule has 1 aliphatic heterocycles. The number of ether oxygens (including phenoxy) is 1. The lowest BCUT2D eigenvalue weighted by atomic mass is 10.0. The smallest absolute Gasteiger partial charge is 0.328 e. The van der Waals surface area contributed by atoms with Crippen LogP contribution in [0.1, 0.15) is 43.1 Å². The standard InChI is InChI=1S/C15H22N2O3/c1-3-9-16-10-6-8-12(16)14(18)17-11-5-4-7-13(17)15(19)20-2/h6,8,10,13H,3-5,7,9,11H2,1-2H3/t13-/m1/s1. The van der Waals surface area contributed by atoms with Crippen LogP contribution in [0.5, 0.6) is 0 Å². The van der Waals surface area contributed by atoms with Crippen molar-refractivity contribution in [1.82, 2.24) is 9.47 Å². The zero-order valence-electron chi connectivity index (χ0n) is 12.2. The van der Waals surface area contributed by atoms with E-state index in [4.69, 9.17) is 4.74 Å². The molecule has 110 valence electrons. The fraction of sp³-hybridized carbons (Fsp3) is 0.600. The highest BCUT2D eigenvalue weighted by atomic mass is 16.5. The van der Waals surface area contributed by atoms with Crippen molar-refractivity contribution in [1.29, 1.82) is 0 Å². The minimum Gasteiger partial charge on any atom is -0.467 e. The summed E-state index contributed by atoms with van der Waals surface area (Å²) in [6.07, 6.45) is 5.46. The molecule has 1 saturated heterocycles. The van der Waals surface area contributed by atoms with Crippen LogP contribution in [-0.4, -0.2) is 41.0 Å². The van der Waals surface area contributed by atoms with Crippen molar-refractivity contribution in [3.63, 3.8) is 0 Å². The van der Waals surface area contributed by atoms with Gasteiger partial charge in [-0.25, -0.2) is 4.79 Å². The van der Waals surface area contributed by atoms with Crippen molar-refractivity contribution in [3.8, 4) is 0 Å². The Hall–Kier alpha value is -1.78. The number of hydrogen-bond donors (Lipinski definition) is 0. The van der Waals surface area contributed by atoms with Crippen LogP contribution in [-0.2, 0) is 16.1 Å². The number of rotatable bonds is 4. The van der Waals surface area contributed by atoms with Gasteiger partial charge in [-0.15, -0.1) is 0 Å². The zero-order valence-corrected chi connectivity index (χ0v) is 12.2. The normalized spacial score (nSPS) is 18.9. The van der Waals surface area contributed by atoms with Crippen LogP contribution in [0.25, 0.3) is 0 Å². The van der Waals surface area contributed by atoms with Crippen LogP contribution >= 0.6 is 0 Å². The summed E-state index contributed by atoms with van der Waals surface area (Å²) in [5.41, 5.74) is 0.655. The van der Waals surface area contributed by atoms with Crippen LogP contribution in [0, 0.1) is 0 Å². The van der Waals surface area contributed by atoms with Gasteiger partial charge in [-0.1, -0.05) is 6.92 Å². The number of hydrogen-bond acceptors (Lipinski definition) is 3. The highest BCUT2D eigenvalue weighted by molar-refractivity contribution is 5.95. The first-order valence-electron chi connectivity index (χ1n) is 7.23. The molecule has 0 radical (unpaired) electrons. The minimum atomic E-state index is -0.439. The maximum absolute atomic E-state index is 12.7. The molecule has 0 saturated carbocycles. The van der Waals surface area contributed by atoms with E-state index < -0.39 is 6.04 Å². The maximum atomic E-state index is 12.7. The summed E-state index contributed by atoms with van der Waals surface area (Å²) in [6, 6.07) is 3.26. The number of aryl methyl sites for hydroxylation is 1. The SMILES string of the molecule is CCCn1cccc1C(=O)N1CCCC[C@@H]1C(=O)OC. The number of esters is 1. The number of amides is 1. The van der Waals surface area contributed by atoms with Crippen LogP contribution in [0.4, 0.5) is 0 Å². The first-order chi connectivity index (χ1) is 9.69. The Morgan fingerprint density at radius 1 is 1.40 bits per heavy atom. The van der Waals surface area contributed by atoms with Crippen molar-refractivity contribution in [2.45, 2.75) is 45.2 Å². The molecule has 1 amide bonds. The lowest BCUT2D eigenvalue weighted by molar-refractivity contribution is -0.147. The van der Waals surface area contributed by atoms with Gasteiger partial charge in [0.15, 0.2) is 0 Å². The largest absolute Gasteiger partial charge is 0.467 e. The Morgan fingerprint density at radius 3 is 2.90 bits per heavy atom. The molecule has 1 aromatic rings. The second-order valence-corrected chi connectivity index (χ2v) is 5.12. The maximum Gasteiger partial charge on any atom is 0.328 e. The van der Waals surface area contributed by atoms with Crippen molar-refractivity contribution in [2.75, 3.05) is 13.7 Å². The van der Waals surface area contributed by atoms with E-state index in [1.54, 1.807) is 4.90 Å². The summed E-state index contributed by atoms with van der Waals surface area (Å²) in [4.78, 5) is 26.2. The molecule has 20 heavy (non-hydrogen) atoms. The van der Waals surface area contributed by atoms with Gasteiger partial charge >= 0.3 is 5.97 Å². The number of carbonyl (C=O) groups excluding carboxylic acids is 2. The number of nitrogens with zero attached hydrogens (tertiary/aromatic N) is 2. The lowest BCUT2D eigenvalue weighted by Crippen LogP contribution is -2.48. The van der Waals surface area contributed by atoms with Crippen LogP contribution in [0.15, 0.2) is 18.3 Å².